The standard InChI is InChI=1S/C14H10FN3O2/c1-20-14(19)12-6-10(15)8-17-13(12)18-11-4-2-9(7-16)3-5-11/h2-6,8H,1H3,(H,17,18). The number of carbonyl (C=O) groups is 1. The van der Waals surface area contributed by atoms with Crippen molar-refractivity contribution in [2.24, 2.45) is 0 Å². The van der Waals surface area contributed by atoms with Crippen LogP contribution in [0, 0.1) is 17.1 Å². The second-order valence-corrected chi connectivity index (χ2v) is 3.86. The molecule has 1 heterocycles. The molecule has 0 aliphatic rings. The van der Waals surface area contributed by atoms with Crippen molar-refractivity contribution in [1.82, 2.24) is 4.98 Å². The molecule has 0 atom stereocenters. The van der Waals surface area contributed by atoms with Crippen molar-refractivity contribution in [3.8, 4) is 6.07 Å². The fourth-order valence-electron chi connectivity index (χ4n) is 1.57. The summed E-state index contributed by atoms with van der Waals surface area (Å²) in [4.78, 5) is 15.4. The van der Waals surface area contributed by atoms with E-state index < -0.39 is 11.8 Å². The lowest BCUT2D eigenvalue weighted by Crippen LogP contribution is -2.08. The van der Waals surface area contributed by atoms with Gasteiger partial charge in [0, 0.05) is 5.69 Å². The van der Waals surface area contributed by atoms with Crippen molar-refractivity contribution in [3.63, 3.8) is 0 Å². The van der Waals surface area contributed by atoms with Gasteiger partial charge in [-0.2, -0.15) is 5.26 Å². The van der Waals surface area contributed by atoms with E-state index in [2.05, 4.69) is 15.0 Å². The van der Waals surface area contributed by atoms with Crippen LogP contribution in [0.4, 0.5) is 15.9 Å². The van der Waals surface area contributed by atoms with Gasteiger partial charge < -0.3 is 10.1 Å². The van der Waals surface area contributed by atoms with Crippen molar-refractivity contribution in [2.75, 3.05) is 12.4 Å². The van der Waals surface area contributed by atoms with E-state index in [1.165, 1.54) is 7.11 Å². The molecule has 0 unspecified atom stereocenters. The van der Waals surface area contributed by atoms with Gasteiger partial charge in [-0.3, -0.25) is 0 Å². The minimum Gasteiger partial charge on any atom is -0.465 e. The van der Waals surface area contributed by atoms with Crippen LogP contribution in [0.1, 0.15) is 15.9 Å². The summed E-state index contributed by atoms with van der Waals surface area (Å²) in [5.74, 6) is -1.13. The molecule has 1 aromatic heterocycles. The van der Waals surface area contributed by atoms with E-state index in [9.17, 15) is 9.18 Å². The fourth-order valence-corrected chi connectivity index (χ4v) is 1.57. The number of nitriles is 1. The Morgan fingerprint density at radius 1 is 1.40 bits per heavy atom. The molecule has 0 bridgehead atoms. The second-order valence-electron chi connectivity index (χ2n) is 3.86. The molecule has 0 fully saturated rings. The molecule has 100 valence electrons. The van der Waals surface area contributed by atoms with Gasteiger partial charge >= 0.3 is 5.97 Å². The number of methoxy groups -OCH3 is 1. The molecular weight excluding hydrogens is 261 g/mol. The van der Waals surface area contributed by atoms with Gasteiger partial charge in [-0.15, -0.1) is 0 Å². The molecule has 0 amide bonds. The highest BCUT2D eigenvalue weighted by Crippen LogP contribution is 2.20. The quantitative estimate of drug-likeness (QED) is 0.868. The van der Waals surface area contributed by atoms with Crippen LogP contribution in [0.25, 0.3) is 0 Å². The van der Waals surface area contributed by atoms with Gasteiger partial charge in [0.2, 0.25) is 0 Å². The predicted molar refractivity (Wildman–Crippen MR) is 70.0 cm³/mol. The zero-order valence-electron chi connectivity index (χ0n) is 10.6. The third-order valence-electron chi connectivity index (χ3n) is 2.54. The summed E-state index contributed by atoms with van der Waals surface area (Å²) in [5.41, 5.74) is 1.13. The van der Waals surface area contributed by atoms with Gasteiger partial charge in [-0.25, -0.2) is 14.2 Å². The summed E-state index contributed by atoms with van der Waals surface area (Å²) in [7, 11) is 1.21. The van der Waals surface area contributed by atoms with Crippen LogP contribution >= 0.6 is 0 Å². The zero-order chi connectivity index (χ0) is 14.5. The normalized spacial score (nSPS) is 9.65. The second kappa shape index (κ2) is 5.80. The lowest BCUT2D eigenvalue weighted by molar-refractivity contribution is 0.0601. The van der Waals surface area contributed by atoms with Crippen molar-refractivity contribution < 1.29 is 13.9 Å². The number of hydrogen-bond donors (Lipinski definition) is 1. The van der Waals surface area contributed by atoms with Gasteiger partial charge in [0.15, 0.2) is 0 Å². The van der Waals surface area contributed by atoms with Crippen LogP contribution in [0.15, 0.2) is 36.5 Å². The van der Waals surface area contributed by atoms with E-state index in [0.29, 0.717) is 11.3 Å². The van der Waals surface area contributed by atoms with E-state index in [4.69, 9.17) is 5.26 Å². The topological polar surface area (TPSA) is 75.0 Å². The maximum Gasteiger partial charge on any atom is 0.341 e. The number of hydrogen-bond acceptors (Lipinski definition) is 5. The number of ether oxygens (including phenoxy) is 1. The Balaban J connectivity index is 2.32. The number of nitrogens with zero attached hydrogens (tertiary/aromatic N) is 2. The SMILES string of the molecule is COC(=O)c1cc(F)cnc1Nc1ccc(C#N)cc1. The summed E-state index contributed by atoms with van der Waals surface area (Å²) in [5, 5.41) is 11.6. The first-order valence-corrected chi connectivity index (χ1v) is 5.65. The van der Waals surface area contributed by atoms with Crippen LogP contribution in [0.5, 0.6) is 0 Å². The smallest absolute Gasteiger partial charge is 0.341 e. The molecule has 0 saturated heterocycles. The predicted octanol–water partition coefficient (Wildman–Crippen LogP) is 2.62. The molecule has 0 aliphatic carbocycles. The van der Waals surface area contributed by atoms with Crippen molar-refractivity contribution in [3.05, 3.63) is 53.5 Å². The molecule has 0 aliphatic heterocycles. The van der Waals surface area contributed by atoms with E-state index in [-0.39, 0.29) is 11.4 Å². The third kappa shape index (κ3) is 2.90. The molecular formula is C14H10FN3O2. The summed E-state index contributed by atoms with van der Waals surface area (Å²) in [6, 6.07) is 9.59. The Morgan fingerprint density at radius 3 is 2.70 bits per heavy atom. The van der Waals surface area contributed by atoms with Gasteiger partial charge in [-0.1, -0.05) is 0 Å². The molecule has 2 aromatic rings. The van der Waals surface area contributed by atoms with Gasteiger partial charge in [0.25, 0.3) is 0 Å². The molecule has 1 N–H and O–H groups in total. The Bertz CT molecular complexity index is 678. The molecule has 2 rings (SSSR count). The Kier molecular flexibility index (Phi) is 3.91. The number of halogens is 1. The van der Waals surface area contributed by atoms with Crippen LogP contribution < -0.4 is 5.32 Å². The Labute approximate surface area is 114 Å². The van der Waals surface area contributed by atoms with E-state index >= 15 is 0 Å². The lowest BCUT2D eigenvalue weighted by Gasteiger charge is -2.09. The third-order valence-corrected chi connectivity index (χ3v) is 2.54. The van der Waals surface area contributed by atoms with Gasteiger partial charge in [0.1, 0.15) is 17.2 Å². The Morgan fingerprint density at radius 2 is 2.10 bits per heavy atom. The summed E-state index contributed by atoms with van der Waals surface area (Å²) in [6.07, 6.45) is 0.998. The number of anilines is 2. The number of rotatable bonds is 3. The molecule has 6 heteroatoms. The summed E-state index contributed by atoms with van der Waals surface area (Å²) >= 11 is 0. The number of aromatic nitrogens is 1. The fraction of sp³-hybridized carbons (Fsp3) is 0.0714. The average Bonchev–Trinajstić information content (AvgIpc) is 2.49. The van der Waals surface area contributed by atoms with Crippen molar-refractivity contribution in [2.45, 2.75) is 0 Å². The van der Waals surface area contributed by atoms with Crippen LogP contribution in [-0.2, 0) is 4.74 Å². The highest BCUT2D eigenvalue weighted by Gasteiger charge is 2.14. The average molecular weight is 271 g/mol. The van der Waals surface area contributed by atoms with Crippen LogP contribution in [0.3, 0.4) is 0 Å². The van der Waals surface area contributed by atoms with Crippen molar-refractivity contribution in [1.29, 1.82) is 5.26 Å². The minimum absolute atomic E-state index is 0.00291. The first-order valence-electron chi connectivity index (χ1n) is 5.65. The number of carbonyl (C=O) groups excluding carboxylic acids is 1. The zero-order valence-corrected chi connectivity index (χ0v) is 10.6. The first-order chi connectivity index (χ1) is 9.63. The van der Waals surface area contributed by atoms with Crippen LogP contribution in [0.2, 0.25) is 0 Å². The lowest BCUT2D eigenvalue weighted by atomic mass is 10.2. The van der Waals surface area contributed by atoms with Gasteiger partial charge in [0.05, 0.1) is 24.9 Å². The number of esters is 1. The van der Waals surface area contributed by atoms with E-state index in [1.807, 2.05) is 6.07 Å². The van der Waals surface area contributed by atoms with Gasteiger partial charge in [-0.05, 0) is 30.3 Å². The van der Waals surface area contributed by atoms with E-state index in [0.717, 1.165) is 12.3 Å². The molecule has 0 spiro atoms. The van der Waals surface area contributed by atoms with Crippen LogP contribution in [-0.4, -0.2) is 18.1 Å². The maximum atomic E-state index is 13.1. The van der Waals surface area contributed by atoms with Crippen molar-refractivity contribution >= 4 is 17.5 Å². The maximum absolute atomic E-state index is 13.1. The Hall–Kier alpha value is -2.94. The highest BCUT2D eigenvalue weighted by atomic mass is 19.1. The first kappa shape index (κ1) is 13.5. The monoisotopic (exact) mass is 271 g/mol. The van der Waals surface area contributed by atoms with E-state index in [1.54, 1.807) is 24.3 Å². The number of nitrogens with one attached hydrogen (secondary N) is 1. The largest absolute Gasteiger partial charge is 0.465 e. The summed E-state index contributed by atoms with van der Waals surface area (Å²) in [6.45, 7) is 0. The number of benzene rings is 1. The molecule has 20 heavy (non-hydrogen) atoms. The molecule has 1 aromatic carbocycles. The minimum atomic E-state index is -0.687. The molecule has 0 saturated carbocycles. The summed E-state index contributed by atoms with van der Waals surface area (Å²) < 4.78 is 17.7. The molecule has 0 radical (unpaired) electrons. The molecule has 5 nitrogen and oxygen atoms in total. The highest BCUT2D eigenvalue weighted by molar-refractivity contribution is 5.95. The number of pyridine rings is 1.